The Hall–Kier alpha value is -4.96. The summed E-state index contributed by atoms with van der Waals surface area (Å²) in [4.78, 5) is 45.7. The molecule has 10 heteroatoms. The van der Waals surface area contributed by atoms with Gasteiger partial charge in [-0.15, -0.1) is 0 Å². The Bertz CT molecular complexity index is 1940. The molecule has 4 heterocycles. The number of amides is 2. The summed E-state index contributed by atoms with van der Waals surface area (Å²) >= 11 is 0. The molecule has 2 aromatic carbocycles. The zero-order chi connectivity index (χ0) is 31.9. The molecule has 0 spiro atoms. The number of aromatic nitrogens is 3. The molecule has 1 aliphatic rings. The van der Waals surface area contributed by atoms with Crippen molar-refractivity contribution in [1.29, 1.82) is 0 Å². The molecule has 6 rings (SSSR count). The number of carbonyl (C=O) groups excluding carboxylic acids is 2. The number of rotatable bonds is 9. The van der Waals surface area contributed by atoms with Crippen molar-refractivity contribution in [2.45, 2.75) is 47.3 Å². The maximum absolute atomic E-state index is 13.4. The second-order valence-corrected chi connectivity index (χ2v) is 12.1. The number of pyridine rings is 1. The van der Waals surface area contributed by atoms with Crippen LogP contribution >= 0.6 is 0 Å². The average Bonchev–Trinajstić information content (AvgIpc) is 3.70. The van der Waals surface area contributed by atoms with Crippen molar-refractivity contribution < 1.29 is 14.0 Å². The number of hydrogen-bond donors (Lipinski definition) is 0. The van der Waals surface area contributed by atoms with Crippen LogP contribution in [0.5, 0.6) is 0 Å². The molecule has 0 fully saturated rings. The Kier molecular flexibility index (Phi) is 7.92. The van der Waals surface area contributed by atoms with Gasteiger partial charge in [-0.2, -0.15) is 5.10 Å². The van der Waals surface area contributed by atoms with Gasteiger partial charge in [0.25, 0.3) is 5.56 Å². The van der Waals surface area contributed by atoms with Crippen LogP contribution in [0.2, 0.25) is 0 Å². The van der Waals surface area contributed by atoms with Crippen LogP contribution in [0.4, 0.5) is 11.4 Å². The molecule has 3 aromatic heterocycles. The predicted molar refractivity (Wildman–Crippen MR) is 175 cm³/mol. The quantitative estimate of drug-likeness (QED) is 0.216. The summed E-state index contributed by atoms with van der Waals surface area (Å²) in [6, 6.07) is 19.6. The second-order valence-electron chi connectivity index (χ2n) is 12.1. The molecule has 0 saturated heterocycles. The van der Waals surface area contributed by atoms with E-state index in [1.165, 1.54) is 0 Å². The van der Waals surface area contributed by atoms with E-state index in [1.54, 1.807) is 53.7 Å². The fraction of sp³-hybridized carbons (Fsp3) is 0.314. The van der Waals surface area contributed by atoms with E-state index in [0.717, 1.165) is 22.5 Å². The van der Waals surface area contributed by atoms with Crippen LogP contribution in [0.25, 0.3) is 16.7 Å². The van der Waals surface area contributed by atoms with Gasteiger partial charge in [0, 0.05) is 58.4 Å². The third kappa shape index (κ3) is 5.57. The van der Waals surface area contributed by atoms with Gasteiger partial charge >= 0.3 is 0 Å². The van der Waals surface area contributed by atoms with Crippen molar-refractivity contribution in [3.63, 3.8) is 0 Å². The van der Waals surface area contributed by atoms with E-state index < -0.39 is 5.41 Å². The summed E-state index contributed by atoms with van der Waals surface area (Å²) in [7, 11) is 1.73. The number of fused-ring (bicyclic) bond motifs is 2. The number of aryl methyl sites for hydroxylation is 1. The van der Waals surface area contributed by atoms with Crippen LogP contribution in [-0.4, -0.2) is 51.2 Å². The zero-order valence-corrected chi connectivity index (χ0v) is 26.4. The zero-order valence-electron chi connectivity index (χ0n) is 26.4. The SMILES string of the molecule is CCN1C(=O)C(C)(C)C(=O)N(C)c2cc(CN(CCn3ccc4oc(C)cc4c3=O)Cc3ccccc3-n3cccn3)ccc21. The van der Waals surface area contributed by atoms with Gasteiger partial charge in [0.15, 0.2) is 0 Å². The van der Waals surface area contributed by atoms with E-state index in [4.69, 9.17) is 4.42 Å². The topological polar surface area (TPSA) is 96.8 Å². The fourth-order valence-electron chi connectivity index (χ4n) is 6.17. The van der Waals surface area contributed by atoms with Gasteiger partial charge in [-0.1, -0.05) is 24.3 Å². The third-order valence-electron chi connectivity index (χ3n) is 8.61. The van der Waals surface area contributed by atoms with E-state index in [-0.39, 0.29) is 17.4 Å². The highest BCUT2D eigenvalue weighted by atomic mass is 16.3. The smallest absolute Gasteiger partial charge is 0.261 e. The Morgan fingerprint density at radius 3 is 2.44 bits per heavy atom. The molecule has 1 aliphatic heterocycles. The first-order valence-corrected chi connectivity index (χ1v) is 15.2. The van der Waals surface area contributed by atoms with Crippen LogP contribution in [0.1, 0.15) is 37.7 Å². The first-order chi connectivity index (χ1) is 21.6. The molecule has 0 saturated carbocycles. The summed E-state index contributed by atoms with van der Waals surface area (Å²) in [5, 5.41) is 5.03. The lowest BCUT2D eigenvalue weighted by molar-refractivity contribution is -0.137. The lowest BCUT2D eigenvalue weighted by Crippen LogP contribution is -2.47. The summed E-state index contributed by atoms with van der Waals surface area (Å²) in [5.41, 5.74) is 3.80. The van der Waals surface area contributed by atoms with E-state index >= 15 is 0 Å². The Morgan fingerprint density at radius 1 is 0.889 bits per heavy atom. The average molecular weight is 607 g/mol. The minimum Gasteiger partial charge on any atom is -0.461 e. The third-order valence-corrected chi connectivity index (χ3v) is 8.61. The molecule has 232 valence electrons. The van der Waals surface area contributed by atoms with Crippen LogP contribution in [-0.2, 0) is 29.2 Å². The number of carbonyl (C=O) groups is 2. The number of hydrogen-bond acceptors (Lipinski definition) is 6. The number of furan rings is 1. The maximum atomic E-state index is 13.4. The highest BCUT2D eigenvalue weighted by Gasteiger charge is 2.45. The van der Waals surface area contributed by atoms with Gasteiger partial charge < -0.3 is 18.8 Å². The highest BCUT2D eigenvalue weighted by molar-refractivity contribution is 6.19. The van der Waals surface area contributed by atoms with Gasteiger partial charge in [-0.05, 0) is 75.2 Å². The van der Waals surface area contributed by atoms with Crippen LogP contribution < -0.4 is 15.4 Å². The van der Waals surface area contributed by atoms with Crippen molar-refractivity contribution in [3.05, 3.63) is 106 Å². The highest BCUT2D eigenvalue weighted by Crippen LogP contribution is 2.39. The molecule has 2 amide bonds. The lowest BCUT2D eigenvalue weighted by atomic mass is 9.90. The number of para-hydroxylation sites is 1. The predicted octanol–water partition coefficient (Wildman–Crippen LogP) is 5.15. The molecule has 0 aliphatic carbocycles. The van der Waals surface area contributed by atoms with Crippen molar-refractivity contribution >= 4 is 34.2 Å². The standard InChI is InChI=1S/C35H38N6O4/c1-6-40-29-13-12-25(21-30(29)37(5)33(43)35(3,4)34(40)44)22-38(23-26-10-7-8-11-28(26)41-16-9-15-36-41)18-19-39-17-14-31-27(32(39)42)20-24(2)45-31/h7-17,20-21H,6,18-19,22-23H2,1-5H3. The molecular weight excluding hydrogens is 568 g/mol. The first kappa shape index (κ1) is 30.1. The Labute approximate surface area is 262 Å². The second kappa shape index (κ2) is 11.9. The normalized spacial score (nSPS) is 14.8. The molecule has 0 unspecified atom stereocenters. The van der Waals surface area contributed by atoms with Crippen LogP contribution in [0.15, 0.2) is 88.5 Å². The molecule has 45 heavy (non-hydrogen) atoms. The monoisotopic (exact) mass is 606 g/mol. The molecule has 10 nitrogen and oxygen atoms in total. The number of benzene rings is 2. The lowest BCUT2D eigenvalue weighted by Gasteiger charge is -2.27. The van der Waals surface area contributed by atoms with E-state index in [1.807, 2.05) is 73.3 Å². The summed E-state index contributed by atoms with van der Waals surface area (Å²) in [6.07, 6.45) is 5.46. The van der Waals surface area contributed by atoms with Gasteiger partial charge in [0.1, 0.15) is 16.8 Å². The molecular formula is C35H38N6O4. The van der Waals surface area contributed by atoms with E-state index in [9.17, 15) is 14.4 Å². The number of anilines is 2. The molecule has 5 aromatic rings. The van der Waals surface area contributed by atoms with Gasteiger partial charge in [-0.3, -0.25) is 19.3 Å². The van der Waals surface area contributed by atoms with Gasteiger partial charge in [-0.25, -0.2) is 4.68 Å². The van der Waals surface area contributed by atoms with Gasteiger partial charge in [0.2, 0.25) is 11.8 Å². The van der Waals surface area contributed by atoms with E-state index in [2.05, 4.69) is 16.1 Å². The van der Waals surface area contributed by atoms with Crippen molar-refractivity contribution in [1.82, 2.24) is 19.2 Å². The molecule has 0 atom stereocenters. The van der Waals surface area contributed by atoms with Crippen molar-refractivity contribution in [3.8, 4) is 5.69 Å². The fourth-order valence-corrected chi connectivity index (χ4v) is 6.17. The van der Waals surface area contributed by atoms with Crippen molar-refractivity contribution in [2.75, 3.05) is 29.9 Å². The minimum atomic E-state index is -1.17. The Morgan fingerprint density at radius 2 is 1.69 bits per heavy atom. The van der Waals surface area contributed by atoms with E-state index in [0.29, 0.717) is 55.1 Å². The van der Waals surface area contributed by atoms with Crippen LogP contribution in [0.3, 0.4) is 0 Å². The van der Waals surface area contributed by atoms with Gasteiger partial charge in [0.05, 0.1) is 22.4 Å². The molecule has 0 bridgehead atoms. The van der Waals surface area contributed by atoms with Crippen molar-refractivity contribution in [2.24, 2.45) is 5.41 Å². The number of nitrogens with zero attached hydrogens (tertiary/aromatic N) is 6. The molecule has 0 N–H and O–H groups in total. The molecule has 0 radical (unpaired) electrons. The summed E-state index contributed by atoms with van der Waals surface area (Å²) in [5.74, 6) is 0.256. The first-order valence-electron chi connectivity index (χ1n) is 15.2. The minimum absolute atomic E-state index is 0.0849. The van der Waals surface area contributed by atoms with Crippen LogP contribution in [0, 0.1) is 12.3 Å². The summed E-state index contributed by atoms with van der Waals surface area (Å²) in [6.45, 7) is 9.78. The Balaban J connectivity index is 1.35. The largest absolute Gasteiger partial charge is 0.461 e. The summed E-state index contributed by atoms with van der Waals surface area (Å²) < 4.78 is 9.23. The maximum Gasteiger partial charge on any atom is 0.261 e.